The molecule has 0 amide bonds. The van der Waals surface area contributed by atoms with E-state index in [0.717, 1.165) is 12.0 Å². The third-order valence-corrected chi connectivity index (χ3v) is 3.33. The lowest BCUT2D eigenvalue weighted by Crippen LogP contribution is -2.16. The number of hydrogen-bond acceptors (Lipinski definition) is 5. The highest BCUT2D eigenvalue weighted by Crippen LogP contribution is 2.35. The van der Waals surface area contributed by atoms with E-state index in [0.29, 0.717) is 17.9 Å². The standard InChI is InChI=1S/C17H16N4O2/c1-3-6-23-14-5-4-10(2)7-11(14)15-12(8-18)16(20)21-17(22)13(15)9-19/h4-5,7H,3,6H2,1-2H3,(H3,20,21,22). The van der Waals surface area contributed by atoms with Gasteiger partial charge in [-0.1, -0.05) is 18.6 Å². The van der Waals surface area contributed by atoms with Crippen LogP contribution in [0.5, 0.6) is 5.75 Å². The van der Waals surface area contributed by atoms with E-state index in [2.05, 4.69) is 4.98 Å². The monoisotopic (exact) mass is 308 g/mol. The first kappa shape index (κ1) is 16.1. The average molecular weight is 308 g/mol. The molecule has 0 aliphatic heterocycles. The van der Waals surface area contributed by atoms with Crippen molar-refractivity contribution in [2.75, 3.05) is 12.3 Å². The smallest absolute Gasteiger partial charge is 0.268 e. The van der Waals surface area contributed by atoms with Crippen molar-refractivity contribution in [1.29, 1.82) is 10.5 Å². The molecule has 0 aliphatic carbocycles. The van der Waals surface area contributed by atoms with Gasteiger partial charge in [0.2, 0.25) is 0 Å². The number of anilines is 1. The number of rotatable bonds is 4. The van der Waals surface area contributed by atoms with Crippen molar-refractivity contribution in [2.24, 2.45) is 0 Å². The van der Waals surface area contributed by atoms with E-state index >= 15 is 0 Å². The molecule has 2 aromatic rings. The largest absolute Gasteiger partial charge is 0.493 e. The number of aromatic nitrogens is 1. The van der Waals surface area contributed by atoms with Crippen LogP contribution >= 0.6 is 0 Å². The Morgan fingerprint density at radius 3 is 2.57 bits per heavy atom. The number of hydrogen-bond donors (Lipinski definition) is 2. The Morgan fingerprint density at radius 1 is 1.26 bits per heavy atom. The van der Waals surface area contributed by atoms with Crippen molar-refractivity contribution in [3.05, 3.63) is 45.2 Å². The fraction of sp³-hybridized carbons (Fsp3) is 0.235. The summed E-state index contributed by atoms with van der Waals surface area (Å²) in [6.45, 7) is 4.33. The highest BCUT2D eigenvalue weighted by atomic mass is 16.5. The molecule has 0 atom stereocenters. The van der Waals surface area contributed by atoms with Gasteiger partial charge in [-0.2, -0.15) is 10.5 Å². The summed E-state index contributed by atoms with van der Waals surface area (Å²) in [7, 11) is 0. The number of pyridine rings is 1. The molecule has 1 heterocycles. The van der Waals surface area contributed by atoms with E-state index in [1.165, 1.54) is 0 Å². The zero-order chi connectivity index (χ0) is 17.0. The molecule has 0 spiro atoms. The topological polar surface area (TPSA) is 116 Å². The second-order valence-electron chi connectivity index (χ2n) is 5.06. The first-order chi connectivity index (χ1) is 11.0. The lowest BCUT2D eigenvalue weighted by Gasteiger charge is -2.15. The number of benzene rings is 1. The second kappa shape index (κ2) is 6.67. The fourth-order valence-corrected chi connectivity index (χ4v) is 2.29. The van der Waals surface area contributed by atoms with Crippen LogP contribution in [0.4, 0.5) is 5.82 Å². The Morgan fingerprint density at radius 2 is 1.96 bits per heavy atom. The molecular weight excluding hydrogens is 292 g/mol. The maximum absolute atomic E-state index is 12.0. The Balaban J connectivity index is 2.87. The number of aromatic amines is 1. The van der Waals surface area contributed by atoms with E-state index < -0.39 is 5.56 Å². The molecule has 0 aliphatic rings. The van der Waals surface area contributed by atoms with Crippen molar-refractivity contribution < 1.29 is 4.74 Å². The van der Waals surface area contributed by atoms with Crippen LogP contribution in [0.25, 0.3) is 11.1 Å². The van der Waals surface area contributed by atoms with Crippen LogP contribution < -0.4 is 16.0 Å². The zero-order valence-electron chi connectivity index (χ0n) is 12.9. The van der Waals surface area contributed by atoms with Crippen molar-refractivity contribution in [3.63, 3.8) is 0 Å². The van der Waals surface area contributed by atoms with Gasteiger partial charge in [-0.05, 0) is 25.5 Å². The summed E-state index contributed by atoms with van der Waals surface area (Å²) in [5.74, 6) is 0.449. The molecule has 1 aromatic carbocycles. The molecule has 1 aromatic heterocycles. The third-order valence-electron chi connectivity index (χ3n) is 3.33. The lowest BCUT2D eigenvalue weighted by molar-refractivity contribution is 0.318. The van der Waals surface area contributed by atoms with Gasteiger partial charge in [0.25, 0.3) is 5.56 Å². The number of H-pyrrole nitrogens is 1. The molecule has 0 bridgehead atoms. The second-order valence-corrected chi connectivity index (χ2v) is 5.06. The minimum absolute atomic E-state index is 0.0607. The van der Waals surface area contributed by atoms with Crippen LogP contribution in [-0.4, -0.2) is 11.6 Å². The minimum Gasteiger partial charge on any atom is -0.493 e. The number of nitrogens with zero attached hydrogens (tertiary/aromatic N) is 2. The predicted octanol–water partition coefficient (Wildman–Crippen LogP) is 2.46. The zero-order valence-corrected chi connectivity index (χ0v) is 12.9. The van der Waals surface area contributed by atoms with Crippen LogP contribution in [0.15, 0.2) is 23.0 Å². The molecule has 0 unspecified atom stereocenters. The molecular formula is C17H16N4O2. The van der Waals surface area contributed by atoms with E-state index in [1.54, 1.807) is 12.1 Å². The molecule has 0 fully saturated rings. The summed E-state index contributed by atoms with van der Waals surface area (Å²) in [6, 6.07) is 9.23. The fourth-order valence-electron chi connectivity index (χ4n) is 2.29. The van der Waals surface area contributed by atoms with Gasteiger partial charge in [-0.25, -0.2) is 0 Å². The van der Waals surface area contributed by atoms with Gasteiger partial charge >= 0.3 is 0 Å². The summed E-state index contributed by atoms with van der Waals surface area (Å²) < 4.78 is 5.70. The van der Waals surface area contributed by atoms with Gasteiger partial charge < -0.3 is 15.5 Å². The minimum atomic E-state index is -0.623. The third kappa shape index (κ3) is 3.02. The van der Waals surface area contributed by atoms with Crippen LogP contribution in [0.1, 0.15) is 30.0 Å². The molecule has 0 saturated carbocycles. The van der Waals surface area contributed by atoms with Crippen molar-refractivity contribution >= 4 is 5.82 Å². The number of aryl methyl sites for hydroxylation is 1. The number of nitrogens with two attached hydrogens (primary N) is 1. The quantitative estimate of drug-likeness (QED) is 0.900. The molecule has 6 heteroatoms. The molecule has 2 rings (SSSR count). The molecule has 0 radical (unpaired) electrons. The summed E-state index contributed by atoms with van der Waals surface area (Å²) in [5, 5.41) is 18.8. The van der Waals surface area contributed by atoms with E-state index in [-0.39, 0.29) is 22.5 Å². The van der Waals surface area contributed by atoms with Crippen LogP contribution in [-0.2, 0) is 0 Å². The Bertz CT molecular complexity index is 885. The van der Waals surface area contributed by atoms with Crippen molar-refractivity contribution in [1.82, 2.24) is 4.98 Å². The number of nitrogens with one attached hydrogen (secondary N) is 1. The first-order valence-corrected chi connectivity index (χ1v) is 7.13. The Kier molecular flexibility index (Phi) is 4.68. The number of ether oxygens (including phenoxy) is 1. The maximum atomic E-state index is 12.0. The molecule has 3 N–H and O–H groups in total. The normalized spacial score (nSPS) is 9.91. The average Bonchev–Trinajstić information content (AvgIpc) is 2.53. The van der Waals surface area contributed by atoms with E-state index in [1.807, 2.05) is 32.1 Å². The molecule has 23 heavy (non-hydrogen) atoms. The van der Waals surface area contributed by atoms with Crippen LogP contribution in [0, 0.1) is 29.6 Å². The van der Waals surface area contributed by atoms with Gasteiger partial charge in [0.05, 0.1) is 6.61 Å². The van der Waals surface area contributed by atoms with Crippen molar-refractivity contribution in [2.45, 2.75) is 20.3 Å². The highest BCUT2D eigenvalue weighted by Gasteiger charge is 2.21. The van der Waals surface area contributed by atoms with Crippen LogP contribution in [0.2, 0.25) is 0 Å². The Labute approximate surface area is 133 Å². The highest BCUT2D eigenvalue weighted by molar-refractivity contribution is 5.83. The summed E-state index contributed by atoms with van der Waals surface area (Å²) in [4.78, 5) is 14.4. The molecule has 6 nitrogen and oxygen atoms in total. The lowest BCUT2D eigenvalue weighted by atomic mass is 9.94. The SMILES string of the molecule is CCCOc1ccc(C)cc1-c1c(C#N)c(N)[nH]c(=O)c1C#N. The summed E-state index contributed by atoms with van der Waals surface area (Å²) in [6.07, 6.45) is 0.807. The molecule has 116 valence electrons. The first-order valence-electron chi connectivity index (χ1n) is 7.13. The van der Waals surface area contributed by atoms with E-state index in [9.17, 15) is 15.3 Å². The molecule has 0 saturated heterocycles. The van der Waals surface area contributed by atoms with Gasteiger partial charge in [-0.15, -0.1) is 0 Å². The van der Waals surface area contributed by atoms with Gasteiger partial charge in [0.15, 0.2) is 0 Å². The van der Waals surface area contributed by atoms with Crippen LogP contribution in [0.3, 0.4) is 0 Å². The van der Waals surface area contributed by atoms with Gasteiger partial charge in [0, 0.05) is 11.1 Å². The van der Waals surface area contributed by atoms with Crippen molar-refractivity contribution in [3.8, 4) is 29.0 Å². The van der Waals surface area contributed by atoms with Gasteiger partial charge in [0.1, 0.15) is 34.8 Å². The Hall–Kier alpha value is -3.25. The summed E-state index contributed by atoms with van der Waals surface area (Å²) in [5.41, 5.74) is 6.69. The number of nitrogen functional groups attached to an aromatic ring is 1. The van der Waals surface area contributed by atoms with Gasteiger partial charge in [-0.3, -0.25) is 4.79 Å². The summed E-state index contributed by atoms with van der Waals surface area (Å²) >= 11 is 0. The predicted molar refractivity (Wildman–Crippen MR) is 86.9 cm³/mol. The maximum Gasteiger partial charge on any atom is 0.268 e. The van der Waals surface area contributed by atoms with E-state index in [4.69, 9.17) is 10.5 Å². The number of nitriles is 2.